The van der Waals surface area contributed by atoms with Crippen LogP contribution in [0.3, 0.4) is 0 Å². The van der Waals surface area contributed by atoms with Crippen LogP contribution in [0.4, 0.5) is 5.82 Å². The second kappa shape index (κ2) is 6.06. The molecule has 2 aromatic heterocycles. The number of carbonyl (C=O) groups excluding carboxylic acids is 1. The van der Waals surface area contributed by atoms with E-state index in [1.165, 1.54) is 0 Å². The first kappa shape index (κ1) is 18.2. The highest BCUT2D eigenvalue weighted by Crippen LogP contribution is 2.55. The van der Waals surface area contributed by atoms with Crippen LogP contribution < -0.4 is 10.1 Å². The number of benzene rings is 1. The molecular formula is C21H25N5O3. The molecule has 2 aliphatic heterocycles. The Bertz CT molecular complexity index is 1110. The predicted octanol–water partition coefficient (Wildman–Crippen LogP) is 3.09. The van der Waals surface area contributed by atoms with E-state index in [0.717, 1.165) is 23.7 Å². The largest absolute Gasteiger partial charge is 0.490 e. The number of hydrogen-bond acceptors (Lipinski definition) is 5. The van der Waals surface area contributed by atoms with E-state index in [2.05, 4.69) is 17.3 Å². The van der Waals surface area contributed by atoms with Crippen molar-refractivity contribution in [3.05, 3.63) is 36.2 Å². The summed E-state index contributed by atoms with van der Waals surface area (Å²) < 4.78 is 15.5. The van der Waals surface area contributed by atoms with Crippen molar-refractivity contribution < 1.29 is 14.3 Å². The average molecular weight is 395 g/mol. The zero-order chi connectivity index (χ0) is 20.4. The number of carbonyl (C=O) groups is 1. The highest BCUT2D eigenvalue weighted by atomic mass is 16.5. The van der Waals surface area contributed by atoms with E-state index in [9.17, 15) is 4.79 Å². The molecule has 0 radical (unpaired) electrons. The Morgan fingerprint density at radius 3 is 2.72 bits per heavy atom. The molecule has 1 saturated carbocycles. The first-order chi connectivity index (χ1) is 13.8. The SMILES string of the molecule is CC(C)Oc1cc2nn(C34COC(C)(C3)C4)cc2cc1C(=O)Nc1ccn(C)n1. The quantitative estimate of drug-likeness (QED) is 0.718. The molecule has 1 amide bonds. The molecule has 3 fully saturated rings. The zero-order valence-corrected chi connectivity index (χ0v) is 17.1. The number of rotatable bonds is 5. The van der Waals surface area contributed by atoms with Crippen molar-refractivity contribution in [2.24, 2.45) is 7.05 Å². The Morgan fingerprint density at radius 1 is 1.31 bits per heavy atom. The molecule has 1 aromatic carbocycles. The fraction of sp³-hybridized carbons (Fsp3) is 0.476. The standard InChI is InChI=1S/C21H25N5O3/c1-13(2)29-17-8-16-14(7-15(17)19(27)22-18-5-6-25(4)24-18)9-26(23-16)21-10-20(3,11-21)28-12-21/h5-9,13H,10-12H2,1-4H3,(H,22,24,27). The topological polar surface area (TPSA) is 83.2 Å². The molecule has 8 nitrogen and oxygen atoms in total. The second-order valence-electron chi connectivity index (χ2n) is 8.79. The Hall–Kier alpha value is -2.87. The number of amides is 1. The van der Waals surface area contributed by atoms with Crippen molar-refractivity contribution in [3.8, 4) is 5.75 Å². The minimum atomic E-state index is -0.257. The van der Waals surface area contributed by atoms with Gasteiger partial charge in [0.15, 0.2) is 5.82 Å². The minimum absolute atomic E-state index is 0.0161. The summed E-state index contributed by atoms with van der Waals surface area (Å²) in [5.74, 6) is 0.761. The molecule has 2 bridgehead atoms. The Labute approximate surface area is 168 Å². The smallest absolute Gasteiger partial charge is 0.260 e. The summed E-state index contributed by atoms with van der Waals surface area (Å²) in [7, 11) is 1.81. The number of anilines is 1. The third kappa shape index (κ3) is 2.98. The normalized spacial score (nSPS) is 25.4. The summed E-state index contributed by atoms with van der Waals surface area (Å²) in [4.78, 5) is 13.0. The highest BCUT2D eigenvalue weighted by molar-refractivity contribution is 6.08. The van der Waals surface area contributed by atoms with Gasteiger partial charge in [-0.15, -0.1) is 0 Å². The summed E-state index contributed by atoms with van der Waals surface area (Å²) in [5, 5.41) is 12.8. The molecule has 1 N–H and O–H groups in total. The van der Waals surface area contributed by atoms with Gasteiger partial charge in [0.25, 0.3) is 5.91 Å². The summed E-state index contributed by atoms with van der Waals surface area (Å²) in [6.45, 7) is 6.70. The van der Waals surface area contributed by atoms with Gasteiger partial charge in [0.1, 0.15) is 5.75 Å². The Balaban J connectivity index is 1.52. The lowest BCUT2D eigenvalue weighted by atomic mass is 9.69. The van der Waals surface area contributed by atoms with Crippen LogP contribution in [0.25, 0.3) is 10.9 Å². The van der Waals surface area contributed by atoms with E-state index in [1.807, 2.05) is 36.9 Å². The van der Waals surface area contributed by atoms with Crippen LogP contribution >= 0.6 is 0 Å². The lowest BCUT2D eigenvalue weighted by Gasteiger charge is -2.42. The van der Waals surface area contributed by atoms with Gasteiger partial charge in [0.05, 0.1) is 34.9 Å². The lowest BCUT2D eigenvalue weighted by molar-refractivity contribution is 0.00383. The van der Waals surface area contributed by atoms with Crippen LogP contribution in [-0.2, 0) is 17.3 Å². The first-order valence-corrected chi connectivity index (χ1v) is 9.91. The number of nitrogens with zero attached hydrogens (tertiary/aromatic N) is 4. The number of aryl methyl sites for hydroxylation is 1. The summed E-state index contributed by atoms with van der Waals surface area (Å²) in [5.41, 5.74) is 1.20. The van der Waals surface area contributed by atoms with Crippen molar-refractivity contribution in [2.75, 3.05) is 11.9 Å². The predicted molar refractivity (Wildman–Crippen MR) is 108 cm³/mol. The van der Waals surface area contributed by atoms with Crippen LogP contribution in [0, 0.1) is 0 Å². The number of hydrogen-bond donors (Lipinski definition) is 1. The van der Waals surface area contributed by atoms with Crippen LogP contribution in [0.2, 0.25) is 0 Å². The summed E-state index contributed by atoms with van der Waals surface area (Å²) >= 11 is 0. The van der Waals surface area contributed by atoms with Crippen LogP contribution in [-0.4, -0.2) is 43.8 Å². The molecule has 8 heteroatoms. The van der Waals surface area contributed by atoms with Gasteiger partial charge in [0.2, 0.25) is 0 Å². The van der Waals surface area contributed by atoms with Crippen LogP contribution in [0.1, 0.15) is 44.0 Å². The maximum absolute atomic E-state index is 13.0. The summed E-state index contributed by atoms with van der Waals surface area (Å²) in [6, 6.07) is 5.45. The second-order valence-corrected chi connectivity index (χ2v) is 8.79. The van der Waals surface area contributed by atoms with Crippen LogP contribution in [0.15, 0.2) is 30.6 Å². The van der Waals surface area contributed by atoms with E-state index in [4.69, 9.17) is 14.6 Å². The van der Waals surface area contributed by atoms with E-state index in [0.29, 0.717) is 23.7 Å². The molecule has 29 heavy (non-hydrogen) atoms. The first-order valence-electron chi connectivity index (χ1n) is 9.91. The molecule has 3 aromatic rings. The van der Waals surface area contributed by atoms with Gasteiger partial charge >= 0.3 is 0 Å². The van der Waals surface area contributed by atoms with Crippen molar-refractivity contribution in [1.29, 1.82) is 0 Å². The molecule has 4 heterocycles. The van der Waals surface area contributed by atoms with Gasteiger partial charge < -0.3 is 14.8 Å². The van der Waals surface area contributed by atoms with Gasteiger partial charge in [0, 0.05) is 49.8 Å². The van der Waals surface area contributed by atoms with E-state index < -0.39 is 0 Å². The third-order valence-corrected chi connectivity index (χ3v) is 5.75. The lowest BCUT2D eigenvalue weighted by Crippen LogP contribution is -2.49. The minimum Gasteiger partial charge on any atom is -0.490 e. The van der Waals surface area contributed by atoms with Gasteiger partial charge in [-0.25, -0.2) is 0 Å². The summed E-state index contributed by atoms with van der Waals surface area (Å²) in [6.07, 6.45) is 5.67. The Kier molecular flexibility index (Phi) is 3.80. The van der Waals surface area contributed by atoms with Gasteiger partial charge in [-0.3, -0.25) is 14.2 Å². The van der Waals surface area contributed by atoms with Crippen molar-refractivity contribution in [1.82, 2.24) is 19.6 Å². The number of aromatic nitrogens is 4. The highest BCUT2D eigenvalue weighted by Gasteiger charge is 2.61. The van der Waals surface area contributed by atoms with Crippen LogP contribution in [0.5, 0.6) is 5.75 Å². The zero-order valence-electron chi connectivity index (χ0n) is 17.1. The fourth-order valence-corrected chi connectivity index (χ4v) is 4.57. The fourth-order valence-electron chi connectivity index (χ4n) is 4.57. The molecule has 152 valence electrons. The molecule has 2 saturated heterocycles. The van der Waals surface area contributed by atoms with Gasteiger partial charge in [-0.05, 0) is 26.8 Å². The van der Waals surface area contributed by atoms with E-state index in [1.54, 1.807) is 24.0 Å². The molecule has 0 unspecified atom stereocenters. The third-order valence-electron chi connectivity index (χ3n) is 5.75. The molecule has 0 spiro atoms. The van der Waals surface area contributed by atoms with Crippen molar-refractivity contribution in [2.45, 2.75) is 50.9 Å². The average Bonchev–Trinajstić information content (AvgIpc) is 3.36. The number of fused-ring (bicyclic) bond motifs is 2. The molecule has 0 atom stereocenters. The molecule has 3 aliphatic rings. The molecular weight excluding hydrogens is 370 g/mol. The maximum atomic E-state index is 13.0. The van der Waals surface area contributed by atoms with Gasteiger partial charge in [-0.2, -0.15) is 10.2 Å². The maximum Gasteiger partial charge on any atom is 0.260 e. The van der Waals surface area contributed by atoms with Crippen molar-refractivity contribution >= 4 is 22.6 Å². The monoisotopic (exact) mass is 395 g/mol. The van der Waals surface area contributed by atoms with Crippen molar-refractivity contribution in [3.63, 3.8) is 0 Å². The molecule has 6 rings (SSSR count). The van der Waals surface area contributed by atoms with Gasteiger partial charge in [-0.1, -0.05) is 0 Å². The van der Waals surface area contributed by atoms with E-state index in [-0.39, 0.29) is 23.2 Å². The number of ether oxygens (including phenoxy) is 2. The van der Waals surface area contributed by atoms with E-state index >= 15 is 0 Å². The molecule has 1 aliphatic carbocycles. The Morgan fingerprint density at radius 2 is 2.10 bits per heavy atom. The number of nitrogens with one attached hydrogen (secondary N) is 1.